The first kappa shape index (κ1) is 13.5. The van der Waals surface area contributed by atoms with Gasteiger partial charge in [-0.3, -0.25) is 4.79 Å². The van der Waals surface area contributed by atoms with Crippen molar-refractivity contribution in [3.63, 3.8) is 0 Å². The number of carbonyl (C=O) groups is 1. The quantitative estimate of drug-likeness (QED) is 0.648. The minimum Gasteiger partial charge on any atom is -0.324 e. The maximum absolute atomic E-state index is 13.3. The molecular formula is C11H12BrClFNO. The second-order valence-corrected chi connectivity index (χ2v) is 4.61. The van der Waals surface area contributed by atoms with Crippen molar-refractivity contribution in [2.45, 2.75) is 19.3 Å². The molecule has 0 saturated heterocycles. The van der Waals surface area contributed by atoms with Crippen molar-refractivity contribution in [2.24, 2.45) is 0 Å². The molecule has 0 fully saturated rings. The predicted octanol–water partition coefficient (Wildman–Crippen LogP) is 3.94. The highest BCUT2D eigenvalue weighted by molar-refractivity contribution is 9.10. The highest BCUT2D eigenvalue weighted by Crippen LogP contribution is 2.19. The number of carbonyl (C=O) groups excluding carboxylic acids is 1. The van der Waals surface area contributed by atoms with Crippen LogP contribution in [-0.4, -0.2) is 11.8 Å². The topological polar surface area (TPSA) is 29.1 Å². The Morgan fingerprint density at radius 1 is 1.44 bits per heavy atom. The van der Waals surface area contributed by atoms with Gasteiger partial charge in [0.05, 0.1) is 5.69 Å². The Morgan fingerprint density at radius 3 is 2.81 bits per heavy atom. The Balaban J connectivity index is 2.49. The van der Waals surface area contributed by atoms with Gasteiger partial charge in [-0.25, -0.2) is 4.39 Å². The van der Waals surface area contributed by atoms with Crippen LogP contribution in [0, 0.1) is 5.82 Å². The van der Waals surface area contributed by atoms with Crippen molar-refractivity contribution in [1.29, 1.82) is 0 Å². The molecule has 5 heteroatoms. The fraction of sp³-hybridized carbons (Fsp3) is 0.364. The summed E-state index contributed by atoms with van der Waals surface area (Å²) in [6.45, 7) is 0. The van der Waals surface area contributed by atoms with Crippen molar-refractivity contribution in [2.75, 3.05) is 11.2 Å². The smallest absolute Gasteiger partial charge is 0.224 e. The van der Waals surface area contributed by atoms with Crippen LogP contribution < -0.4 is 5.32 Å². The molecule has 0 unspecified atom stereocenters. The lowest BCUT2D eigenvalue weighted by Crippen LogP contribution is -2.12. The Labute approximate surface area is 107 Å². The van der Waals surface area contributed by atoms with Crippen molar-refractivity contribution in [3.8, 4) is 0 Å². The molecule has 0 saturated carbocycles. The van der Waals surface area contributed by atoms with E-state index in [1.165, 1.54) is 12.1 Å². The summed E-state index contributed by atoms with van der Waals surface area (Å²) in [5.41, 5.74) is 0.207. The van der Waals surface area contributed by atoms with Gasteiger partial charge in [-0.2, -0.15) is 0 Å². The molecule has 0 atom stereocenters. The Bertz CT molecular complexity index is 373. The molecule has 1 rings (SSSR count). The van der Waals surface area contributed by atoms with Crippen LogP contribution >= 0.6 is 27.5 Å². The zero-order chi connectivity index (χ0) is 12.0. The monoisotopic (exact) mass is 307 g/mol. The van der Waals surface area contributed by atoms with Crippen LogP contribution in [0.3, 0.4) is 0 Å². The average molecular weight is 309 g/mol. The van der Waals surface area contributed by atoms with Gasteiger partial charge < -0.3 is 5.32 Å². The van der Waals surface area contributed by atoms with Gasteiger partial charge in [0.25, 0.3) is 0 Å². The molecule has 0 radical (unpaired) electrons. The molecule has 0 heterocycles. The van der Waals surface area contributed by atoms with Gasteiger partial charge in [0.1, 0.15) is 5.82 Å². The largest absolute Gasteiger partial charge is 0.324 e. The van der Waals surface area contributed by atoms with Crippen LogP contribution in [0.5, 0.6) is 0 Å². The molecule has 88 valence electrons. The molecule has 1 N–H and O–H groups in total. The fourth-order valence-electron chi connectivity index (χ4n) is 1.18. The summed E-state index contributed by atoms with van der Waals surface area (Å²) in [7, 11) is 0. The van der Waals surface area contributed by atoms with Gasteiger partial charge in [-0.05, 0) is 31.0 Å². The number of hydrogen-bond donors (Lipinski definition) is 1. The van der Waals surface area contributed by atoms with E-state index in [2.05, 4.69) is 21.2 Å². The first-order valence-electron chi connectivity index (χ1n) is 4.94. The number of anilines is 1. The Kier molecular flexibility index (Phi) is 5.77. The van der Waals surface area contributed by atoms with Crippen molar-refractivity contribution < 1.29 is 9.18 Å². The summed E-state index contributed by atoms with van der Waals surface area (Å²) in [5, 5.41) is 2.52. The van der Waals surface area contributed by atoms with E-state index in [1.807, 2.05) is 0 Å². The molecule has 0 aliphatic heterocycles. The van der Waals surface area contributed by atoms with E-state index >= 15 is 0 Å². The summed E-state index contributed by atoms with van der Waals surface area (Å²) >= 11 is 8.64. The first-order valence-corrected chi connectivity index (χ1v) is 6.27. The zero-order valence-corrected chi connectivity index (χ0v) is 10.9. The van der Waals surface area contributed by atoms with Gasteiger partial charge in [0, 0.05) is 16.8 Å². The van der Waals surface area contributed by atoms with Crippen molar-refractivity contribution in [1.82, 2.24) is 0 Å². The first-order chi connectivity index (χ1) is 7.63. The van der Waals surface area contributed by atoms with Crippen molar-refractivity contribution in [3.05, 3.63) is 28.5 Å². The van der Waals surface area contributed by atoms with Crippen LogP contribution in [-0.2, 0) is 4.79 Å². The number of benzene rings is 1. The summed E-state index contributed by atoms with van der Waals surface area (Å²) in [4.78, 5) is 11.4. The van der Waals surface area contributed by atoms with Crippen LogP contribution in [0.25, 0.3) is 0 Å². The van der Waals surface area contributed by atoms with E-state index < -0.39 is 5.82 Å². The van der Waals surface area contributed by atoms with Gasteiger partial charge in [0.2, 0.25) is 5.91 Å². The molecule has 16 heavy (non-hydrogen) atoms. The summed E-state index contributed by atoms with van der Waals surface area (Å²) in [5.74, 6) is -0.0914. The lowest BCUT2D eigenvalue weighted by molar-refractivity contribution is -0.116. The molecule has 1 aromatic carbocycles. The number of alkyl halides is 1. The number of unbranched alkanes of at least 4 members (excludes halogenated alkanes) is 1. The molecule has 0 aliphatic carbocycles. The summed E-state index contributed by atoms with van der Waals surface area (Å²) < 4.78 is 14.0. The van der Waals surface area contributed by atoms with Crippen LogP contribution in [0.1, 0.15) is 19.3 Å². The third kappa shape index (κ3) is 4.49. The fourth-order valence-corrected chi connectivity index (χ4v) is 1.71. The average Bonchev–Trinajstić information content (AvgIpc) is 2.23. The van der Waals surface area contributed by atoms with Crippen LogP contribution in [0.4, 0.5) is 10.1 Å². The van der Waals surface area contributed by atoms with E-state index in [4.69, 9.17) is 11.6 Å². The highest BCUT2D eigenvalue weighted by atomic mass is 79.9. The maximum Gasteiger partial charge on any atom is 0.224 e. The third-order valence-electron chi connectivity index (χ3n) is 1.99. The van der Waals surface area contributed by atoms with Crippen LogP contribution in [0.2, 0.25) is 0 Å². The lowest BCUT2D eigenvalue weighted by atomic mass is 10.2. The SMILES string of the molecule is O=C(CCCCCl)Nc1ccc(Br)cc1F. The number of nitrogens with one attached hydrogen (secondary N) is 1. The molecule has 2 nitrogen and oxygen atoms in total. The van der Waals surface area contributed by atoms with Crippen LogP contribution in [0.15, 0.2) is 22.7 Å². The zero-order valence-electron chi connectivity index (χ0n) is 8.60. The standard InChI is InChI=1S/C11H12BrClFNO/c12-8-4-5-10(9(14)7-8)15-11(16)3-1-2-6-13/h4-5,7H,1-3,6H2,(H,15,16). The summed E-state index contributed by atoms with van der Waals surface area (Å²) in [6, 6.07) is 4.52. The van der Waals surface area contributed by atoms with Gasteiger partial charge in [-0.15, -0.1) is 11.6 Å². The molecule has 0 aliphatic rings. The molecule has 1 amide bonds. The third-order valence-corrected chi connectivity index (χ3v) is 2.75. The molecular weight excluding hydrogens is 296 g/mol. The normalized spacial score (nSPS) is 10.2. The van der Waals surface area contributed by atoms with E-state index in [9.17, 15) is 9.18 Å². The van der Waals surface area contributed by atoms with E-state index in [0.717, 1.165) is 6.42 Å². The Hall–Kier alpha value is -0.610. The molecule has 0 spiro atoms. The minimum atomic E-state index is -0.444. The highest BCUT2D eigenvalue weighted by Gasteiger charge is 2.06. The van der Waals surface area contributed by atoms with Gasteiger partial charge >= 0.3 is 0 Å². The van der Waals surface area contributed by atoms with Gasteiger partial charge in [-0.1, -0.05) is 15.9 Å². The van der Waals surface area contributed by atoms with E-state index in [0.29, 0.717) is 23.2 Å². The predicted molar refractivity (Wildman–Crippen MR) is 67.3 cm³/mol. The van der Waals surface area contributed by atoms with E-state index in [1.54, 1.807) is 6.07 Å². The molecule has 1 aromatic rings. The minimum absolute atomic E-state index is 0.189. The molecule has 0 bridgehead atoms. The number of halogens is 3. The number of rotatable bonds is 5. The number of amides is 1. The maximum atomic E-state index is 13.3. The number of hydrogen-bond acceptors (Lipinski definition) is 1. The van der Waals surface area contributed by atoms with E-state index in [-0.39, 0.29) is 11.6 Å². The van der Waals surface area contributed by atoms with Gasteiger partial charge in [0.15, 0.2) is 0 Å². The second kappa shape index (κ2) is 6.86. The Morgan fingerprint density at radius 2 is 2.19 bits per heavy atom. The summed E-state index contributed by atoms with van der Waals surface area (Å²) in [6.07, 6.45) is 1.87. The molecule has 0 aromatic heterocycles. The van der Waals surface area contributed by atoms with Crippen molar-refractivity contribution >= 4 is 39.1 Å². The lowest BCUT2D eigenvalue weighted by Gasteiger charge is -2.06. The second-order valence-electron chi connectivity index (χ2n) is 3.32.